The van der Waals surface area contributed by atoms with Crippen LogP contribution >= 0.6 is 0 Å². The molecular formula is C23H30N2O. The van der Waals surface area contributed by atoms with Crippen molar-refractivity contribution in [1.29, 1.82) is 0 Å². The number of nitrogens with one attached hydrogen (secondary N) is 1. The Kier molecular flexibility index (Phi) is 6.45. The summed E-state index contributed by atoms with van der Waals surface area (Å²) < 4.78 is 0. The van der Waals surface area contributed by atoms with Crippen molar-refractivity contribution in [3.8, 4) is 0 Å². The van der Waals surface area contributed by atoms with Crippen molar-refractivity contribution in [3.63, 3.8) is 0 Å². The first kappa shape index (κ1) is 18.7. The third-order valence-corrected chi connectivity index (χ3v) is 5.47. The van der Waals surface area contributed by atoms with Crippen LogP contribution in [0.1, 0.15) is 50.3 Å². The maximum absolute atomic E-state index is 12.7. The Morgan fingerprint density at radius 1 is 1.08 bits per heavy atom. The van der Waals surface area contributed by atoms with E-state index >= 15 is 0 Å². The maximum atomic E-state index is 12.7. The van der Waals surface area contributed by atoms with E-state index in [4.69, 9.17) is 0 Å². The average molecular weight is 351 g/mol. The van der Waals surface area contributed by atoms with Gasteiger partial charge in [0, 0.05) is 25.2 Å². The van der Waals surface area contributed by atoms with Crippen LogP contribution in [0.4, 0.5) is 0 Å². The second-order valence-corrected chi connectivity index (χ2v) is 7.43. The lowest BCUT2D eigenvalue weighted by atomic mass is 9.88. The first-order valence-corrected chi connectivity index (χ1v) is 9.80. The average Bonchev–Trinajstić information content (AvgIpc) is 2.69. The molecule has 2 aromatic carbocycles. The molecule has 3 atom stereocenters. The Morgan fingerprint density at radius 2 is 1.73 bits per heavy atom. The normalized spacial score (nSPS) is 21.9. The van der Waals surface area contributed by atoms with Gasteiger partial charge in [0.15, 0.2) is 0 Å². The molecule has 3 unspecified atom stereocenters. The smallest absolute Gasteiger partial charge is 0.224 e. The van der Waals surface area contributed by atoms with Crippen molar-refractivity contribution >= 4 is 5.91 Å². The zero-order valence-corrected chi connectivity index (χ0v) is 15.9. The van der Waals surface area contributed by atoms with Crippen LogP contribution in [0.5, 0.6) is 0 Å². The van der Waals surface area contributed by atoms with Crippen molar-refractivity contribution in [1.82, 2.24) is 10.2 Å². The molecule has 138 valence electrons. The molecule has 26 heavy (non-hydrogen) atoms. The molecule has 1 N–H and O–H groups in total. The van der Waals surface area contributed by atoms with Gasteiger partial charge in [0.2, 0.25) is 5.91 Å². The largest absolute Gasteiger partial charge is 0.353 e. The van der Waals surface area contributed by atoms with Crippen LogP contribution in [0.15, 0.2) is 60.7 Å². The first-order valence-electron chi connectivity index (χ1n) is 9.80. The molecular weight excluding hydrogens is 320 g/mol. The summed E-state index contributed by atoms with van der Waals surface area (Å²) in [5.74, 6) is 0.289. The standard InChI is InChI=1S/C23H30N2O/c1-3-18(2)24-23(26)21-14-15-22(20-12-8-5-9-13-20)25(17-21)16-19-10-6-4-7-11-19/h4-13,18,21-22H,3,14-17H2,1-2H3,(H,24,26). The van der Waals surface area contributed by atoms with Crippen LogP contribution < -0.4 is 5.32 Å². The molecule has 1 aliphatic heterocycles. The molecule has 3 nitrogen and oxygen atoms in total. The van der Waals surface area contributed by atoms with Crippen molar-refractivity contribution < 1.29 is 4.79 Å². The molecule has 0 bridgehead atoms. The molecule has 1 heterocycles. The molecule has 1 amide bonds. The van der Waals surface area contributed by atoms with Crippen LogP contribution in [0.2, 0.25) is 0 Å². The minimum Gasteiger partial charge on any atom is -0.353 e. The fraction of sp³-hybridized carbons (Fsp3) is 0.435. The van der Waals surface area contributed by atoms with Gasteiger partial charge in [-0.2, -0.15) is 0 Å². The molecule has 0 saturated carbocycles. The van der Waals surface area contributed by atoms with Gasteiger partial charge in [0.1, 0.15) is 0 Å². The molecule has 1 aliphatic rings. The number of rotatable bonds is 6. The Bertz CT molecular complexity index is 686. The zero-order valence-electron chi connectivity index (χ0n) is 15.9. The molecule has 0 aromatic heterocycles. The summed E-state index contributed by atoms with van der Waals surface area (Å²) in [5, 5.41) is 3.17. The van der Waals surface area contributed by atoms with Crippen LogP contribution in [-0.4, -0.2) is 23.4 Å². The minimum atomic E-state index is 0.0766. The number of amides is 1. The predicted molar refractivity (Wildman–Crippen MR) is 107 cm³/mol. The van der Waals surface area contributed by atoms with Gasteiger partial charge in [-0.15, -0.1) is 0 Å². The topological polar surface area (TPSA) is 32.3 Å². The summed E-state index contributed by atoms with van der Waals surface area (Å²) in [6.07, 6.45) is 2.95. The Balaban J connectivity index is 1.76. The molecule has 1 fully saturated rings. The van der Waals surface area contributed by atoms with Crippen LogP contribution in [0.25, 0.3) is 0 Å². The zero-order chi connectivity index (χ0) is 18.4. The Labute approximate surface area is 157 Å². The second-order valence-electron chi connectivity index (χ2n) is 7.43. The molecule has 3 rings (SSSR count). The third kappa shape index (κ3) is 4.73. The van der Waals surface area contributed by atoms with Gasteiger partial charge in [-0.05, 0) is 37.3 Å². The summed E-state index contributed by atoms with van der Waals surface area (Å²) in [7, 11) is 0. The van der Waals surface area contributed by atoms with E-state index in [0.717, 1.165) is 32.4 Å². The number of hydrogen-bond donors (Lipinski definition) is 1. The van der Waals surface area contributed by atoms with Gasteiger partial charge >= 0.3 is 0 Å². The monoisotopic (exact) mass is 350 g/mol. The van der Waals surface area contributed by atoms with E-state index in [9.17, 15) is 4.79 Å². The van der Waals surface area contributed by atoms with Gasteiger partial charge in [-0.25, -0.2) is 0 Å². The molecule has 0 aliphatic carbocycles. The van der Waals surface area contributed by atoms with E-state index in [0.29, 0.717) is 6.04 Å². The van der Waals surface area contributed by atoms with E-state index in [1.807, 2.05) is 0 Å². The van der Waals surface area contributed by atoms with Crippen LogP contribution in [-0.2, 0) is 11.3 Å². The summed E-state index contributed by atoms with van der Waals surface area (Å²) in [6.45, 7) is 5.89. The number of benzene rings is 2. The van der Waals surface area contributed by atoms with Crippen LogP contribution in [0.3, 0.4) is 0 Å². The number of hydrogen-bond acceptors (Lipinski definition) is 2. The highest BCUT2D eigenvalue weighted by atomic mass is 16.2. The second kappa shape index (κ2) is 9.00. The number of carbonyl (C=O) groups is 1. The molecule has 1 saturated heterocycles. The van der Waals surface area contributed by atoms with E-state index in [2.05, 4.69) is 84.7 Å². The number of likely N-dealkylation sites (tertiary alicyclic amines) is 1. The number of nitrogens with zero attached hydrogens (tertiary/aromatic N) is 1. The first-order chi connectivity index (χ1) is 12.7. The summed E-state index contributed by atoms with van der Waals surface area (Å²) in [5.41, 5.74) is 2.65. The highest BCUT2D eigenvalue weighted by Gasteiger charge is 2.33. The molecule has 0 radical (unpaired) electrons. The van der Waals surface area contributed by atoms with Crippen LogP contribution in [0, 0.1) is 5.92 Å². The van der Waals surface area contributed by atoms with Gasteiger partial charge in [-0.3, -0.25) is 9.69 Å². The summed E-state index contributed by atoms with van der Waals surface area (Å²) in [6, 6.07) is 21.9. The van der Waals surface area contributed by atoms with Gasteiger partial charge in [0.05, 0.1) is 5.92 Å². The lowest BCUT2D eigenvalue weighted by Crippen LogP contribution is -2.46. The Morgan fingerprint density at radius 3 is 2.38 bits per heavy atom. The van der Waals surface area contributed by atoms with Crippen molar-refractivity contribution in [3.05, 3.63) is 71.8 Å². The van der Waals surface area contributed by atoms with E-state index in [1.165, 1.54) is 11.1 Å². The van der Waals surface area contributed by atoms with Gasteiger partial charge in [-0.1, -0.05) is 67.6 Å². The lowest BCUT2D eigenvalue weighted by molar-refractivity contribution is -0.128. The minimum absolute atomic E-state index is 0.0766. The fourth-order valence-corrected chi connectivity index (χ4v) is 3.77. The highest BCUT2D eigenvalue weighted by Crippen LogP contribution is 2.34. The SMILES string of the molecule is CCC(C)NC(=O)C1CCC(c2ccccc2)N(Cc2ccccc2)C1. The van der Waals surface area contributed by atoms with E-state index in [1.54, 1.807) is 0 Å². The van der Waals surface area contributed by atoms with Gasteiger partial charge in [0.25, 0.3) is 0 Å². The quantitative estimate of drug-likeness (QED) is 0.828. The lowest BCUT2D eigenvalue weighted by Gasteiger charge is -2.39. The maximum Gasteiger partial charge on any atom is 0.224 e. The molecule has 2 aromatic rings. The van der Waals surface area contributed by atoms with E-state index < -0.39 is 0 Å². The highest BCUT2D eigenvalue weighted by molar-refractivity contribution is 5.79. The fourth-order valence-electron chi connectivity index (χ4n) is 3.77. The summed E-state index contributed by atoms with van der Waals surface area (Å²) >= 11 is 0. The number of piperidine rings is 1. The van der Waals surface area contributed by atoms with E-state index in [-0.39, 0.29) is 17.9 Å². The van der Waals surface area contributed by atoms with Crippen molar-refractivity contribution in [2.24, 2.45) is 5.92 Å². The predicted octanol–water partition coefficient (Wildman–Crippen LogP) is 4.55. The third-order valence-electron chi connectivity index (χ3n) is 5.47. The molecule has 0 spiro atoms. The number of carbonyl (C=O) groups excluding carboxylic acids is 1. The summed E-state index contributed by atoms with van der Waals surface area (Å²) in [4.78, 5) is 15.2. The van der Waals surface area contributed by atoms with Crippen molar-refractivity contribution in [2.45, 2.75) is 51.7 Å². The molecule has 3 heteroatoms. The van der Waals surface area contributed by atoms with Gasteiger partial charge < -0.3 is 5.32 Å². The Hall–Kier alpha value is -2.13. The van der Waals surface area contributed by atoms with Crippen molar-refractivity contribution in [2.75, 3.05) is 6.54 Å².